The summed E-state index contributed by atoms with van der Waals surface area (Å²) in [5.41, 5.74) is 0. The van der Waals surface area contributed by atoms with Crippen molar-refractivity contribution in [3.05, 3.63) is 9.81 Å². The number of nitroso groups, excluding NO2 is 2. The van der Waals surface area contributed by atoms with Crippen molar-refractivity contribution in [3.8, 4) is 0 Å². The third-order valence-electron chi connectivity index (χ3n) is 2.08. The molecule has 0 aliphatic rings. The maximum Gasteiger partial charge on any atom is 0.129 e. The molecule has 16 heavy (non-hydrogen) atoms. The summed E-state index contributed by atoms with van der Waals surface area (Å²) in [6.07, 6.45) is 3.95. The van der Waals surface area contributed by atoms with Crippen molar-refractivity contribution in [1.82, 2.24) is 0 Å². The third-order valence-corrected chi connectivity index (χ3v) is 3.46. The molecule has 0 rings (SSSR count). The van der Waals surface area contributed by atoms with Crippen LogP contribution in [0.15, 0.2) is 9.16 Å². The highest BCUT2D eigenvalue weighted by Gasteiger charge is 2.10. The van der Waals surface area contributed by atoms with Gasteiger partial charge >= 0.3 is 0 Å². The molecule has 0 bridgehead atoms. The Morgan fingerprint density at radius 2 is 1.94 bits per heavy atom. The number of carbonyl (C=O) groups excluding carboxylic acids is 1. The Kier molecular flexibility index (Phi) is 10.8. The van der Waals surface area contributed by atoms with Crippen LogP contribution in [0.3, 0.4) is 0 Å². The summed E-state index contributed by atoms with van der Waals surface area (Å²) in [4.78, 5) is 30.7. The van der Waals surface area contributed by atoms with Crippen LogP contribution < -0.4 is 0 Å². The SMILES string of the molecule is CC(=O)CCCCC(CCSN=O)SN=O. The van der Waals surface area contributed by atoms with E-state index in [0.29, 0.717) is 12.2 Å². The first-order valence-electron chi connectivity index (χ1n) is 5.13. The second kappa shape index (κ2) is 11.1. The number of rotatable bonds is 11. The minimum Gasteiger partial charge on any atom is -0.300 e. The number of nitrogens with zero attached hydrogens (tertiary/aromatic N) is 2. The Bertz CT molecular complexity index is 227. The van der Waals surface area contributed by atoms with E-state index in [0.717, 1.165) is 49.6 Å². The lowest BCUT2D eigenvalue weighted by Crippen LogP contribution is -2.03. The highest BCUT2D eigenvalue weighted by molar-refractivity contribution is 7.99. The largest absolute Gasteiger partial charge is 0.300 e. The van der Waals surface area contributed by atoms with Gasteiger partial charge in [-0.3, -0.25) is 0 Å². The average molecular weight is 264 g/mol. The van der Waals surface area contributed by atoms with Gasteiger partial charge in [0.2, 0.25) is 0 Å². The summed E-state index contributed by atoms with van der Waals surface area (Å²) < 4.78 is 5.50. The summed E-state index contributed by atoms with van der Waals surface area (Å²) in [6, 6.07) is 0. The minimum absolute atomic E-state index is 0.138. The van der Waals surface area contributed by atoms with Gasteiger partial charge in [-0.2, -0.15) is 0 Å². The van der Waals surface area contributed by atoms with Crippen molar-refractivity contribution in [2.75, 3.05) is 5.75 Å². The van der Waals surface area contributed by atoms with Crippen molar-refractivity contribution in [2.24, 2.45) is 9.16 Å². The quantitative estimate of drug-likeness (QED) is 0.323. The second-order valence-corrected chi connectivity index (χ2v) is 5.29. The van der Waals surface area contributed by atoms with Gasteiger partial charge in [0, 0.05) is 50.5 Å². The Balaban J connectivity index is 3.62. The molecule has 0 aromatic heterocycles. The molecule has 0 aliphatic carbocycles. The summed E-state index contributed by atoms with van der Waals surface area (Å²) >= 11 is 1.98. The summed E-state index contributed by atoms with van der Waals surface area (Å²) in [7, 11) is 0. The molecule has 0 aromatic rings. The van der Waals surface area contributed by atoms with Crippen LogP contribution in [0, 0.1) is 9.81 Å². The van der Waals surface area contributed by atoms with Crippen molar-refractivity contribution in [3.63, 3.8) is 0 Å². The fourth-order valence-electron chi connectivity index (χ4n) is 1.28. The highest BCUT2D eigenvalue weighted by Crippen LogP contribution is 2.23. The maximum absolute atomic E-state index is 10.7. The van der Waals surface area contributed by atoms with Gasteiger partial charge in [0.15, 0.2) is 0 Å². The van der Waals surface area contributed by atoms with Gasteiger partial charge < -0.3 is 4.79 Å². The molecule has 0 radical (unpaired) electrons. The van der Waals surface area contributed by atoms with Crippen LogP contribution in [0.1, 0.15) is 39.0 Å². The van der Waals surface area contributed by atoms with E-state index in [1.165, 1.54) is 0 Å². The van der Waals surface area contributed by atoms with E-state index >= 15 is 0 Å². The van der Waals surface area contributed by atoms with Crippen LogP contribution in [0.2, 0.25) is 0 Å². The zero-order valence-electron chi connectivity index (χ0n) is 9.26. The molecule has 0 aliphatic heterocycles. The van der Waals surface area contributed by atoms with E-state index in [1.807, 2.05) is 0 Å². The first-order valence-corrected chi connectivity index (χ1v) is 6.91. The molecule has 1 atom stereocenters. The molecule has 5 nitrogen and oxygen atoms in total. The molecule has 0 N–H and O–H groups in total. The van der Waals surface area contributed by atoms with Gasteiger partial charge in [-0.15, -0.1) is 9.81 Å². The van der Waals surface area contributed by atoms with Crippen LogP contribution in [0.4, 0.5) is 0 Å². The van der Waals surface area contributed by atoms with Gasteiger partial charge in [0.1, 0.15) is 5.78 Å². The molecule has 0 aromatic carbocycles. The zero-order valence-corrected chi connectivity index (χ0v) is 10.9. The number of carbonyl (C=O) groups is 1. The van der Waals surface area contributed by atoms with Gasteiger partial charge in [0.25, 0.3) is 0 Å². The predicted octanol–water partition coefficient (Wildman–Crippen LogP) is 3.72. The van der Waals surface area contributed by atoms with E-state index in [-0.39, 0.29) is 11.0 Å². The first kappa shape index (κ1) is 15.6. The van der Waals surface area contributed by atoms with Crippen LogP contribution >= 0.6 is 23.9 Å². The van der Waals surface area contributed by atoms with E-state index in [9.17, 15) is 14.6 Å². The van der Waals surface area contributed by atoms with Crippen LogP contribution in [0.25, 0.3) is 0 Å². The Labute approximate surface area is 104 Å². The zero-order chi connectivity index (χ0) is 12.2. The molecule has 0 spiro atoms. The van der Waals surface area contributed by atoms with Crippen molar-refractivity contribution < 1.29 is 4.79 Å². The first-order chi connectivity index (χ1) is 7.70. The summed E-state index contributed by atoms with van der Waals surface area (Å²) in [6.45, 7) is 1.58. The molecule has 0 fully saturated rings. The average Bonchev–Trinajstić information content (AvgIpc) is 2.24. The van der Waals surface area contributed by atoms with E-state index in [2.05, 4.69) is 9.16 Å². The van der Waals surface area contributed by atoms with Crippen LogP contribution in [0.5, 0.6) is 0 Å². The minimum atomic E-state index is 0.138. The van der Waals surface area contributed by atoms with Crippen molar-refractivity contribution >= 4 is 29.7 Å². The second-order valence-electron chi connectivity index (χ2n) is 3.45. The van der Waals surface area contributed by atoms with Crippen LogP contribution in [-0.4, -0.2) is 16.8 Å². The van der Waals surface area contributed by atoms with E-state index in [4.69, 9.17) is 0 Å². The Morgan fingerprint density at radius 3 is 2.50 bits per heavy atom. The molecule has 0 saturated heterocycles. The lowest BCUT2D eigenvalue weighted by Gasteiger charge is -2.10. The molecular weight excluding hydrogens is 248 g/mol. The maximum atomic E-state index is 10.7. The third kappa shape index (κ3) is 10.1. The smallest absolute Gasteiger partial charge is 0.129 e. The summed E-state index contributed by atoms with van der Waals surface area (Å²) in [5.74, 6) is 0.807. The Morgan fingerprint density at radius 1 is 1.19 bits per heavy atom. The van der Waals surface area contributed by atoms with Gasteiger partial charge in [-0.25, -0.2) is 0 Å². The number of hydrogen-bond donors (Lipinski definition) is 0. The molecule has 1 unspecified atom stereocenters. The monoisotopic (exact) mass is 264 g/mol. The van der Waals surface area contributed by atoms with Gasteiger partial charge in [-0.1, -0.05) is 6.42 Å². The molecular formula is C9H16N2O3S2. The topological polar surface area (TPSA) is 75.9 Å². The predicted molar refractivity (Wildman–Crippen MR) is 69.2 cm³/mol. The standard InChI is InChI=1S/C9H16N2O3S2/c1-8(12)4-2-3-5-9(16-11-14)6-7-15-10-13/h9H,2-7H2,1H3. The Hall–Kier alpha value is -0.430. The molecule has 92 valence electrons. The fraction of sp³-hybridized carbons (Fsp3) is 0.889. The molecule has 7 heteroatoms. The number of unbranched alkanes of at least 4 members (excludes halogenated alkanes) is 1. The fourth-order valence-corrected chi connectivity index (χ4v) is 2.51. The molecule has 0 amide bonds. The van der Waals surface area contributed by atoms with Crippen LogP contribution in [-0.2, 0) is 4.79 Å². The van der Waals surface area contributed by atoms with Crippen molar-refractivity contribution in [2.45, 2.75) is 44.3 Å². The van der Waals surface area contributed by atoms with Gasteiger partial charge in [-0.05, 0) is 26.2 Å². The molecule has 0 heterocycles. The molecule has 0 saturated carbocycles. The summed E-state index contributed by atoms with van der Waals surface area (Å²) in [5, 5.41) is 0.138. The number of hydrogen-bond acceptors (Lipinski definition) is 7. The lowest BCUT2D eigenvalue weighted by atomic mass is 10.1. The van der Waals surface area contributed by atoms with Gasteiger partial charge in [0.05, 0.1) is 0 Å². The van der Waals surface area contributed by atoms with E-state index < -0.39 is 0 Å². The van der Waals surface area contributed by atoms with E-state index in [1.54, 1.807) is 6.92 Å². The lowest BCUT2D eigenvalue weighted by molar-refractivity contribution is -0.117. The van der Waals surface area contributed by atoms with Crippen molar-refractivity contribution in [1.29, 1.82) is 0 Å². The number of Topliss-reactive ketones (excluding diaryl/α,β-unsaturated/α-hetero) is 1. The normalized spacial score (nSPS) is 12.1. The number of ketones is 1. The highest BCUT2D eigenvalue weighted by atomic mass is 32.2.